The first-order chi connectivity index (χ1) is 13.1. The van der Waals surface area contributed by atoms with Crippen molar-refractivity contribution < 1.29 is 9.59 Å². The molecule has 0 aromatic heterocycles. The van der Waals surface area contributed by atoms with Crippen LogP contribution < -0.4 is 5.43 Å². The van der Waals surface area contributed by atoms with Gasteiger partial charge in [-0.05, 0) is 49.9 Å². The Morgan fingerprint density at radius 3 is 1.96 bits per heavy atom. The Bertz CT molecular complexity index is 802. The van der Waals surface area contributed by atoms with Crippen LogP contribution in [0.3, 0.4) is 0 Å². The summed E-state index contributed by atoms with van der Waals surface area (Å²) < 4.78 is 0. The molecule has 28 heavy (non-hydrogen) atoms. The van der Waals surface area contributed by atoms with E-state index in [4.69, 9.17) is 0 Å². The summed E-state index contributed by atoms with van der Waals surface area (Å²) in [5.41, 5.74) is 6.15. The first-order valence-corrected chi connectivity index (χ1v) is 9.91. The fourth-order valence-corrected chi connectivity index (χ4v) is 3.28. The Labute approximate surface area is 168 Å². The first-order valence-electron chi connectivity index (χ1n) is 9.91. The second-order valence-corrected chi connectivity index (χ2v) is 8.52. The van der Waals surface area contributed by atoms with Gasteiger partial charge >= 0.3 is 0 Å². The Morgan fingerprint density at radius 1 is 0.929 bits per heavy atom. The number of imide groups is 1. The molecular formula is C24H32N2O2. The predicted molar refractivity (Wildman–Crippen MR) is 114 cm³/mol. The van der Waals surface area contributed by atoms with Crippen LogP contribution in [-0.2, 0) is 0 Å². The molecular weight excluding hydrogens is 348 g/mol. The Hall–Kier alpha value is -2.46. The van der Waals surface area contributed by atoms with Crippen LogP contribution in [0.2, 0.25) is 0 Å². The van der Waals surface area contributed by atoms with Crippen molar-refractivity contribution in [3.63, 3.8) is 0 Å². The molecule has 1 atom stereocenters. The number of rotatable bonds is 6. The van der Waals surface area contributed by atoms with Gasteiger partial charge in [-0.15, -0.1) is 0 Å². The fraction of sp³-hybridized carbons (Fsp3) is 0.417. The van der Waals surface area contributed by atoms with E-state index >= 15 is 0 Å². The van der Waals surface area contributed by atoms with E-state index in [1.807, 2.05) is 38.1 Å². The van der Waals surface area contributed by atoms with Crippen molar-refractivity contribution >= 4 is 11.8 Å². The van der Waals surface area contributed by atoms with Crippen LogP contribution in [0.1, 0.15) is 72.4 Å². The zero-order valence-electron chi connectivity index (χ0n) is 17.9. The van der Waals surface area contributed by atoms with E-state index in [2.05, 4.69) is 33.1 Å². The van der Waals surface area contributed by atoms with E-state index in [1.54, 1.807) is 24.3 Å². The topological polar surface area (TPSA) is 49.4 Å². The summed E-state index contributed by atoms with van der Waals surface area (Å²) in [6, 6.07) is 14.6. The van der Waals surface area contributed by atoms with Gasteiger partial charge in [0.2, 0.25) is 0 Å². The van der Waals surface area contributed by atoms with E-state index in [1.165, 1.54) is 5.01 Å². The molecule has 2 aromatic carbocycles. The maximum absolute atomic E-state index is 13.4. The maximum atomic E-state index is 13.4. The minimum absolute atomic E-state index is 0.0139. The third-order valence-corrected chi connectivity index (χ3v) is 4.80. The molecule has 0 radical (unpaired) electrons. The predicted octanol–water partition coefficient (Wildman–Crippen LogP) is 5.31. The number of nitrogens with one attached hydrogen (secondary N) is 1. The number of hydrogen-bond acceptors (Lipinski definition) is 3. The number of hydrogen-bond donors (Lipinski definition) is 1. The average Bonchev–Trinajstić information content (AvgIpc) is 2.63. The summed E-state index contributed by atoms with van der Waals surface area (Å²) in [6.07, 6.45) is 1.82. The zero-order valence-corrected chi connectivity index (χ0v) is 17.9. The molecule has 2 aromatic rings. The molecule has 0 fully saturated rings. The third kappa shape index (κ3) is 5.52. The zero-order chi connectivity index (χ0) is 20.9. The van der Waals surface area contributed by atoms with Crippen LogP contribution in [0, 0.1) is 19.3 Å². The quantitative estimate of drug-likeness (QED) is 0.546. The molecule has 150 valence electrons. The molecule has 2 amide bonds. The van der Waals surface area contributed by atoms with Gasteiger partial charge in [-0.1, -0.05) is 69.5 Å². The standard InChI is InChI=1S/C24H32N2O2/c1-7-11-21(24(4,5)6)25-26(22(27)19-12-9-8-10-13-19)23(28)20-15-17(2)14-18(3)16-20/h8-10,12-16,21,25H,7,11H2,1-6H3/t21-/m0/s1. The number of nitrogens with zero attached hydrogens (tertiary/aromatic N) is 1. The SMILES string of the molecule is CCC[C@H](NN(C(=O)c1ccccc1)C(=O)c1cc(C)cc(C)c1)C(C)(C)C. The molecule has 4 heteroatoms. The number of amides is 2. The summed E-state index contributed by atoms with van der Waals surface area (Å²) in [5.74, 6) is -0.666. The molecule has 0 bridgehead atoms. The smallest absolute Gasteiger partial charge is 0.267 e. The molecule has 0 aliphatic carbocycles. The molecule has 0 saturated carbocycles. The number of hydrazine groups is 1. The Morgan fingerprint density at radius 2 is 1.46 bits per heavy atom. The maximum Gasteiger partial charge on any atom is 0.275 e. The minimum atomic E-state index is -0.338. The summed E-state index contributed by atoms with van der Waals surface area (Å²) >= 11 is 0. The van der Waals surface area contributed by atoms with E-state index in [9.17, 15) is 9.59 Å². The van der Waals surface area contributed by atoms with Crippen LogP contribution in [0.25, 0.3) is 0 Å². The molecule has 4 nitrogen and oxygen atoms in total. The largest absolute Gasteiger partial charge is 0.275 e. The van der Waals surface area contributed by atoms with Crippen LogP contribution in [-0.4, -0.2) is 22.9 Å². The van der Waals surface area contributed by atoms with Gasteiger partial charge in [-0.3, -0.25) is 9.59 Å². The van der Waals surface area contributed by atoms with Gasteiger partial charge < -0.3 is 0 Å². The van der Waals surface area contributed by atoms with Gasteiger partial charge in [0, 0.05) is 17.2 Å². The van der Waals surface area contributed by atoms with Gasteiger partial charge in [-0.2, -0.15) is 0 Å². The highest BCUT2D eigenvalue weighted by molar-refractivity contribution is 6.10. The monoisotopic (exact) mass is 380 g/mol. The number of carbonyl (C=O) groups excluding carboxylic acids is 2. The average molecular weight is 381 g/mol. The lowest BCUT2D eigenvalue weighted by Crippen LogP contribution is -2.55. The van der Waals surface area contributed by atoms with Crippen molar-refractivity contribution in [2.75, 3.05) is 0 Å². The lowest BCUT2D eigenvalue weighted by molar-refractivity contribution is 0.0425. The first kappa shape index (κ1) is 21.8. The summed E-state index contributed by atoms with van der Waals surface area (Å²) in [7, 11) is 0. The van der Waals surface area contributed by atoms with Gasteiger partial charge in [-0.25, -0.2) is 10.4 Å². The minimum Gasteiger partial charge on any atom is -0.267 e. The molecule has 0 aliphatic rings. The Kier molecular flexibility index (Phi) is 7.14. The summed E-state index contributed by atoms with van der Waals surface area (Å²) in [4.78, 5) is 26.6. The Balaban J connectivity index is 2.45. The summed E-state index contributed by atoms with van der Waals surface area (Å²) in [5, 5.41) is 1.20. The van der Waals surface area contributed by atoms with Crippen molar-refractivity contribution in [1.82, 2.24) is 10.4 Å². The molecule has 0 saturated heterocycles. The second-order valence-electron chi connectivity index (χ2n) is 8.52. The highest BCUT2D eigenvalue weighted by Crippen LogP contribution is 2.24. The lowest BCUT2D eigenvalue weighted by atomic mass is 9.84. The van der Waals surface area contributed by atoms with Gasteiger partial charge in [0.25, 0.3) is 11.8 Å². The van der Waals surface area contributed by atoms with Crippen LogP contribution in [0.4, 0.5) is 0 Å². The molecule has 0 heterocycles. The van der Waals surface area contributed by atoms with E-state index in [-0.39, 0.29) is 23.3 Å². The van der Waals surface area contributed by atoms with Crippen molar-refractivity contribution in [1.29, 1.82) is 0 Å². The lowest BCUT2D eigenvalue weighted by Gasteiger charge is -2.35. The normalized spacial score (nSPS) is 12.5. The van der Waals surface area contributed by atoms with Crippen LogP contribution >= 0.6 is 0 Å². The second kappa shape index (κ2) is 9.16. The number of carbonyl (C=O) groups is 2. The highest BCUT2D eigenvalue weighted by atomic mass is 16.2. The van der Waals surface area contributed by atoms with Gasteiger partial charge in [0.1, 0.15) is 0 Å². The summed E-state index contributed by atoms with van der Waals surface area (Å²) in [6.45, 7) is 12.4. The molecule has 0 unspecified atom stereocenters. The van der Waals surface area contributed by atoms with Crippen LogP contribution in [0.15, 0.2) is 48.5 Å². The fourth-order valence-electron chi connectivity index (χ4n) is 3.28. The van der Waals surface area contributed by atoms with Gasteiger partial charge in [0.15, 0.2) is 0 Å². The third-order valence-electron chi connectivity index (χ3n) is 4.80. The van der Waals surface area contributed by atoms with Crippen molar-refractivity contribution in [3.05, 3.63) is 70.8 Å². The highest BCUT2D eigenvalue weighted by Gasteiger charge is 2.31. The molecule has 0 aliphatic heterocycles. The van der Waals surface area contributed by atoms with E-state index in [0.717, 1.165) is 24.0 Å². The number of benzene rings is 2. The molecule has 2 rings (SSSR count). The molecule has 0 spiro atoms. The van der Waals surface area contributed by atoms with E-state index < -0.39 is 0 Å². The number of aryl methyl sites for hydroxylation is 2. The van der Waals surface area contributed by atoms with Crippen LogP contribution in [0.5, 0.6) is 0 Å². The van der Waals surface area contributed by atoms with E-state index in [0.29, 0.717) is 11.1 Å². The molecule has 1 N–H and O–H groups in total. The van der Waals surface area contributed by atoms with Crippen molar-refractivity contribution in [2.45, 2.75) is 60.4 Å². The van der Waals surface area contributed by atoms with Crippen molar-refractivity contribution in [3.8, 4) is 0 Å². The van der Waals surface area contributed by atoms with Crippen molar-refractivity contribution in [2.24, 2.45) is 5.41 Å². The van der Waals surface area contributed by atoms with Gasteiger partial charge in [0.05, 0.1) is 0 Å².